The number of nitrogens with two attached hydrogens (primary N) is 1. The van der Waals surface area contributed by atoms with Crippen molar-refractivity contribution in [3.63, 3.8) is 0 Å². The first-order valence-corrected chi connectivity index (χ1v) is 10.8. The number of hydrogen-bond donors (Lipinski definition) is 2. The summed E-state index contributed by atoms with van der Waals surface area (Å²) in [4.78, 5) is 5.05. The summed E-state index contributed by atoms with van der Waals surface area (Å²) >= 11 is 0. The fourth-order valence-corrected chi connectivity index (χ4v) is 4.42. The van der Waals surface area contributed by atoms with Gasteiger partial charge < -0.3 is 10.8 Å². The lowest BCUT2D eigenvalue weighted by atomic mass is 9.84. The Morgan fingerprint density at radius 3 is 2.43 bits per heavy atom. The highest BCUT2D eigenvalue weighted by atomic mass is 16.3. The first-order valence-electron chi connectivity index (χ1n) is 10.8. The van der Waals surface area contributed by atoms with Gasteiger partial charge in [-0.25, -0.2) is 0 Å². The average molecular weight is 403 g/mol. The SMILES string of the molecule is CCC(=NC1=C(C)CC(Cc2cc(C)c(N)c(C)c2)C=C1C)C1=CC(O)C=CC=C1. The van der Waals surface area contributed by atoms with Crippen LogP contribution in [0.4, 0.5) is 5.69 Å². The highest BCUT2D eigenvalue weighted by Gasteiger charge is 2.19. The Morgan fingerprint density at radius 2 is 1.80 bits per heavy atom. The Kier molecular flexibility index (Phi) is 6.94. The summed E-state index contributed by atoms with van der Waals surface area (Å²) in [6.07, 6.45) is 14.2. The van der Waals surface area contributed by atoms with E-state index in [1.165, 1.54) is 16.7 Å². The van der Waals surface area contributed by atoms with Crippen LogP contribution in [0.3, 0.4) is 0 Å². The second kappa shape index (κ2) is 9.44. The van der Waals surface area contributed by atoms with Crippen molar-refractivity contribution in [3.05, 3.63) is 87.7 Å². The van der Waals surface area contributed by atoms with Crippen LogP contribution in [0.5, 0.6) is 0 Å². The highest BCUT2D eigenvalue weighted by molar-refractivity contribution is 6.03. The zero-order valence-electron chi connectivity index (χ0n) is 18.9. The maximum absolute atomic E-state index is 10.1. The smallest absolute Gasteiger partial charge is 0.0915 e. The van der Waals surface area contributed by atoms with E-state index >= 15 is 0 Å². The van der Waals surface area contributed by atoms with Crippen molar-refractivity contribution in [1.82, 2.24) is 0 Å². The normalized spacial score (nSPS) is 22.1. The summed E-state index contributed by atoms with van der Waals surface area (Å²) in [7, 11) is 0. The molecule has 1 aromatic rings. The van der Waals surface area contributed by atoms with E-state index in [4.69, 9.17) is 10.7 Å². The molecule has 0 amide bonds. The van der Waals surface area contributed by atoms with Crippen LogP contribution in [0, 0.1) is 19.8 Å². The van der Waals surface area contributed by atoms with E-state index < -0.39 is 6.10 Å². The number of aliphatic imine (C=N–C) groups is 1. The van der Waals surface area contributed by atoms with E-state index in [0.717, 1.165) is 53.1 Å². The number of anilines is 1. The Hall–Kier alpha value is -2.65. The number of aliphatic hydroxyl groups excluding tert-OH is 1. The molecule has 0 fully saturated rings. The van der Waals surface area contributed by atoms with Gasteiger partial charge in [0.25, 0.3) is 0 Å². The molecule has 2 unspecified atom stereocenters. The molecule has 2 aliphatic rings. The van der Waals surface area contributed by atoms with Gasteiger partial charge in [0.15, 0.2) is 0 Å². The van der Waals surface area contributed by atoms with Crippen LogP contribution < -0.4 is 5.73 Å². The third kappa shape index (κ3) is 5.09. The monoisotopic (exact) mass is 402 g/mol. The molecule has 0 bridgehead atoms. The van der Waals surface area contributed by atoms with Crippen LogP contribution in [0.1, 0.15) is 50.3 Å². The van der Waals surface area contributed by atoms with E-state index in [1.54, 1.807) is 6.08 Å². The summed E-state index contributed by atoms with van der Waals surface area (Å²) in [6.45, 7) is 10.6. The van der Waals surface area contributed by atoms with Crippen molar-refractivity contribution >= 4 is 11.4 Å². The summed E-state index contributed by atoms with van der Waals surface area (Å²) in [5.74, 6) is 0.472. The van der Waals surface area contributed by atoms with Gasteiger partial charge in [0.2, 0.25) is 0 Å². The van der Waals surface area contributed by atoms with Gasteiger partial charge in [0, 0.05) is 11.4 Å². The van der Waals surface area contributed by atoms with Crippen LogP contribution in [-0.4, -0.2) is 16.9 Å². The molecule has 0 spiro atoms. The number of rotatable bonds is 5. The fourth-order valence-electron chi connectivity index (χ4n) is 4.42. The molecule has 0 saturated heterocycles. The number of aliphatic hydroxyl groups is 1. The van der Waals surface area contributed by atoms with E-state index in [9.17, 15) is 5.11 Å². The van der Waals surface area contributed by atoms with Gasteiger partial charge in [-0.1, -0.05) is 49.4 Å². The molecule has 3 N–H and O–H groups in total. The van der Waals surface area contributed by atoms with Crippen LogP contribution >= 0.6 is 0 Å². The predicted molar refractivity (Wildman–Crippen MR) is 129 cm³/mol. The molecule has 3 rings (SSSR count). The lowest BCUT2D eigenvalue weighted by molar-refractivity contribution is 0.271. The standard InChI is InChI=1S/C27H34N2O/c1-6-25(23-9-7-8-10-24(30)16-23)29-27-19(4)13-22(14-20(27)5)15-21-11-17(2)26(28)18(3)12-21/h7-13,16,22,24,30H,6,14-15,28H2,1-5H3. The minimum absolute atomic E-state index is 0.472. The lowest BCUT2D eigenvalue weighted by Gasteiger charge is -2.23. The summed E-state index contributed by atoms with van der Waals surface area (Å²) in [5.41, 5.74) is 16.3. The third-order valence-corrected chi connectivity index (χ3v) is 5.94. The van der Waals surface area contributed by atoms with Gasteiger partial charge in [0.05, 0.1) is 11.8 Å². The Labute approximate surface area is 181 Å². The molecule has 0 aliphatic heterocycles. The van der Waals surface area contributed by atoms with Gasteiger partial charge in [-0.05, 0) is 92.4 Å². The van der Waals surface area contributed by atoms with Crippen molar-refractivity contribution in [2.75, 3.05) is 5.73 Å². The number of allylic oxidation sites excluding steroid dienone is 7. The fraction of sp³-hybridized carbons (Fsp3) is 0.370. The molecule has 158 valence electrons. The first kappa shape index (κ1) is 22.0. The summed E-state index contributed by atoms with van der Waals surface area (Å²) in [5, 5.41) is 10.1. The van der Waals surface area contributed by atoms with Crippen LogP contribution in [0.2, 0.25) is 0 Å². The number of nitrogen functional groups attached to an aromatic ring is 1. The van der Waals surface area contributed by atoms with Gasteiger partial charge in [-0.3, -0.25) is 4.99 Å². The van der Waals surface area contributed by atoms with Crippen LogP contribution in [-0.2, 0) is 6.42 Å². The molecule has 0 heterocycles. The first-order chi connectivity index (χ1) is 14.3. The zero-order chi connectivity index (χ0) is 21.8. The molecule has 3 heteroatoms. The minimum atomic E-state index is -0.568. The molecular formula is C27H34N2O. The Morgan fingerprint density at radius 1 is 1.10 bits per heavy atom. The quantitative estimate of drug-likeness (QED) is 0.473. The molecule has 0 aromatic heterocycles. The van der Waals surface area contributed by atoms with Crippen LogP contribution in [0.15, 0.2) is 76.0 Å². The molecular weight excluding hydrogens is 368 g/mol. The molecule has 30 heavy (non-hydrogen) atoms. The molecule has 2 aliphatic carbocycles. The van der Waals surface area contributed by atoms with Gasteiger partial charge in [0.1, 0.15) is 0 Å². The maximum Gasteiger partial charge on any atom is 0.0915 e. The minimum Gasteiger partial charge on any atom is -0.398 e. The van der Waals surface area contributed by atoms with E-state index in [1.807, 2.05) is 24.3 Å². The molecule has 0 radical (unpaired) electrons. The molecule has 3 nitrogen and oxygen atoms in total. The number of aryl methyl sites for hydroxylation is 2. The van der Waals surface area contributed by atoms with E-state index in [0.29, 0.717) is 5.92 Å². The highest BCUT2D eigenvalue weighted by Crippen LogP contribution is 2.33. The van der Waals surface area contributed by atoms with E-state index in [2.05, 4.69) is 52.8 Å². The average Bonchev–Trinajstić information content (AvgIpc) is 2.90. The lowest BCUT2D eigenvalue weighted by Crippen LogP contribution is -2.12. The molecule has 2 atom stereocenters. The van der Waals surface area contributed by atoms with Gasteiger partial charge >= 0.3 is 0 Å². The van der Waals surface area contributed by atoms with E-state index in [-0.39, 0.29) is 0 Å². The van der Waals surface area contributed by atoms with Crippen molar-refractivity contribution in [2.24, 2.45) is 10.9 Å². The van der Waals surface area contributed by atoms with Crippen LogP contribution in [0.25, 0.3) is 0 Å². The number of nitrogens with zero attached hydrogens (tertiary/aromatic N) is 1. The molecule has 0 saturated carbocycles. The van der Waals surface area contributed by atoms with Gasteiger partial charge in [-0.15, -0.1) is 0 Å². The second-order valence-electron chi connectivity index (χ2n) is 8.56. The summed E-state index contributed by atoms with van der Waals surface area (Å²) < 4.78 is 0. The number of benzene rings is 1. The number of hydrogen-bond acceptors (Lipinski definition) is 3. The van der Waals surface area contributed by atoms with Gasteiger partial charge in [-0.2, -0.15) is 0 Å². The third-order valence-electron chi connectivity index (χ3n) is 5.94. The maximum atomic E-state index is 10.1. The topological polar surface area (TPSA) is 58.6 Å². The predicted octanol–water partition coefficient (Wildman–Crippen LogP) is 5.93. The Balaban J connectivity index is 1.83. The van der Waals surface area contributed by atoms with Crippen molar-refractivity contribution < 1.29 is 5.11 Å². The Bertz CT molecular complexity index is 979. The zero-order valence-corrected chi connectivity index (χ0v) is 18.9. The molecule has 1 aromatic carbocycles. The van der Waals surface area contributed by atoms with Crippen molar-refractivity contribution in [3.8, 4) is 0 Å². The van der Waals surface area contributed by atoms with Crippen molar-refractivity contribution in [2.45, 2.75) is 60.0 Å². The summed E-state index contributed by atoms with van der Waals surface area (Å²) in [6, 6.07) is 4.44. The van der Waals surface area contributed by atoms with Crippen molar-refractivity contribution in [1.29, 1.82) is 0 Å². The largest absolute Gasteiger partial charge is 0.398 e. The second-order valence-corrected chi connectivity index (χ2v) is 8.56.